The van der Waals surface area contributed by atoms with Gasteiger partial charge in [0.25, 0.3) is 5.91 Å². The van der Waals surface area contributed by atoms with Crippen LogP contribution in [0, 0.1) is 6.92 Å². The van der Waals surface area contributed by atoms with E-state index in [4.69, 9.17) is 16.6 Å². The van der Waals surface area contributed by atoms with E-state index in [2.05, 4.69) is 20.5 Å². The van der Waals surface area contributed by atoms with E-state index < -0.39 is 0 Å². The van der Waals surface area contributed by atoms with E-state index in [0.717, 1.165) is 11.1 Å². The quantitative estimate of drug-likeness (QED) is 0.367. The Balaban J connectivity index is 1.65. The lowest BCUT2D eigenvalue weighted by molar-refractivity contribution is 0.102. The van der Waals surface area contributed by atoms with Crippen molar-refractivity contribution in [3.63, 3.8) is 0 Å². The average Bonchev–Trinajstić information content (AvgIpc) is 3.49. The maximum atomic E-state index is 13.6. The summed E-state index contributed by atoms with van der Waals surface area (Å²) < 4.78 is 3.35. The Kier molecular flexibility index (Phi) is 5.59. The van der Waals surface area contributed by atoms with E-state index in [1.807, 2.05) is 55.8 Å². The number of benzene rings is 2. The molecular weight excluding hydrogens is 450 g/mol. The Morgan fingerprint density at radius 3 is 2.65 bits per heavy atom. The highest BCUT2D eigenvalue weighted by Crippen LogP contribution is 2.31. The molecule has 0 aliphatic rings. The molecule has 9 heteroatoms. The predicted octanol–water partition coefficient (Wildman–Crippen LogP) is 5.47. The number of rotatable bonds is 5. The molecule has 8 nitrogen and oxygen atoms in total. The lowest BCUT2D eigenvalue weighted by atomic mass is 10.0. The van der Waals surface area contributed by atoms with Crippen LogP contribution in [-0.2, 0) is 0 Å². The number of carbonyl (C=O) groups is 1. The van der Waals surface area contributed by atoms with Crippen LogP contribution < -0.4 is 5.32 Å². The molecule has 34 heavy (non-hydrogen) atoms. The Morgan fingerprint density at radius 1 is 1.09 bits per heavy atom. The minimum absolute atomic E-state index is 0.0832. The first-order valence-electron chi connectivity index (χ1n) is 10.8. The Bertz CT molecular complexity index is 1510. The van der Waals surface area contributed by atoms with Crippen molar-refractivity contribution in [3.05, 3.63) is 83.5 Å². The number of nitrogens with one attached hydrogen (secondary N) is 1. The fraction of sp³-hybridized carbons (Fsp3) is 0.160. The molecule has 5 aromatic rings. The van der Waals surface area contributed by atoms with Gasteiger partial charge in [0.1, 0.15) is 18.3 Å². The summed E-state index contributed by atoms with van der Waals surface area (Å²) in [4.78, 5) is 22.5. The second-order valence-electron chi connectivity index (χ2n) is 8.22. The minimum Gasteiger partial charge on any atom is -0.320 e. The van der Waals surface area contributed by atoms with E-state index in [1.165, 1.54) is 17.3 Å². The van der Waals surface area contributed by atoms with E-state index in [1.54, 1.807) is 24.4 Å². The molecule has 1 N–H and O–H groups in total. The molecule has 5 rings (SSSR count). The molecule has 170 valence electrons. The van der Waals surface area contributed by atoms with Crippen LogP contribution in [0.3, 0.4) is 0 Å². The number of aromatic nitrogens is 6. The van der Waals surface area contributed by atoms with Crippen LogP contribution in [0.2, 0.25) is 5.02 Å². The van der Waals surface area contributed by atoms with Crippen LogP contribution in [0.1, 0.15) is 35.8 Å². The van der Waals surface area contributed by atoms with Crippen molar-refractivity contribution in [3.8, 4) is 16.9 Å². The number of halogens is 1. The maximum absolute atomic E-state index is 13.6. The Morgan fingerprint density at radius 2 is 1.91 bits per heavy atom. The van der Waals surface area contributed by atoms with Gasteiger partial charge in [-0.25, -0.2) is 19.3 Å². The number of pyridine rings is 1. The number of nitrogens with zero attached hydrogens (tertiary/aromatic N) is 6. The summed E-state index contributed by atoms with van der Waals surface area (Å²) in [5.74, 6) is -0.297. The number of aryl methyl sites for hydroxylation is 1. The monoisotopic (exact) mass is 471 g/mol. The molecule has 0 unspecified atom stereocenters. The van der Waals surface area contributed by atoms with Crippen molar-refractivity contribution < 1.29 is 4.79 Å². The standard InChI is InChI=1S/C25H22ClN7O/c1-15(2)33-24-19(12-28-33)18(11-22(30-24)17-8-5-4-7-16(17)3)25(34)31-21-10-6-9-20(26)23(21)32-14-27-13-29-32/h4-15H,1-3H3,(H,31,34). The van der Waals surface area contributed by atoms with Gasteiger partial charge in [-0.1, -0.05) is 41.9 Å². The van der Waals surface area contributed by atoms with Gasteiger partial charge >= 0.3 is 0 Å². The van der Waals surface area contributed by atoms with Gasteiger partial charge in [-0.3, -0.25) is 4.79 Å². The van der Waals surface area contributed by atoms with Crippen molar-refractivity contribution in [2.45, 2.75) is 26.8 Å². The highest BCUT2D eigenvalue weighted by Gasteiger charge is 2.21. The molecule has 0 saturated heterocycles. The van der Waals surface area contributed by atoms with Crippen molar-refractivity contribution in [1.29, 1.82) is 0 Å². The van der Waals surface area contributed by atoms with Crippen LogP contribution in [0.4, 0.5) is 5.69 Å². The number of para-hydroxylation sites is 1. The van der Waals surface area contributed by atoms with Gasteiger partial charge in [-0.2, -0.15) is 10.2 Å². The Labute approximate surface area is 201 Å². The van der Waals surface area contributed by atoms with E-state index in [-0.39, 0.29) is 11.9 Å². The summed E-state index contributed by atoms with van der Waals surface area (Å²) in [6.45, 7) is 6.09. The van der Waals surface area contributed by atoms with Crippen LogP contribution in [0.15, 0.2) is 67.4 Å². The third-order valence-corrected chi connectivity index (χ3v) is 5.91. The molecule has 2 aromatic carbocycles. The number of amides is 1. The third-order valence-electron chi connectivity index (χ3n) is 5.60. The first-order chi connectivity index (χ1) is 16.4. The fourth-order valence-corrected chi connectivity index (χ4v) is 4.21. The second-order valence-corrected chi connectivity index (χ2v) is 8.63. The van der Waals surface area contributed by atoms with E-state index in [9.17, 15) is 4.79 Å². The summed E-state index contributed by atoms with van der Waals surface area (Å²) in [6.07, 6.45) is 4.63. The number of carbonyl (C=O) groups excluding carboxylic acids is 1. The van der Waals surface area contributed by atoms with Gasteiger partial charge in [-0.05, 0) is 44.5 Å². The highest BCUT2D eigenvalue weighted by molar-refractivity contribution is 6.33. The molecule has 0 fully saturated rings. The molecule has 0 aliphatic carbocycles. The maximum Gasteiger partial charge on any atom is 0.256 e. The zero-order chi connectivity index (χ0) is 23.8. The van der Waals surface area contributed by atoms with E-state index in [0.29, 0.717) is 38.7 Å². The SMILES string of the molecule is Cc1ccccc1-c1cc(C(=O)Nc2cccc(Cl)c2-n2cncn2)c2cnn(C(C)C)c2n1. The first-order valence-corrected chi connectivity index (χ1v) is 11.2. The zero-order valence-electron chi connectivity index (χ0n) is 18.9. The third kappa shape index (κ3) is 3.82. The lowest BCUT2D eigenvalue weighted by Crippen LogP contribution is -2.15. The minimum atomic E-state index is -0.297. The van der Waals surface area contributed by atoms with Crippen molar-refractivity contribution >= 4 is 34.2 Å². The summed E-state index contributed by atoms with van der Waals surface area (Å²) in [5.41, 5.74) is 4.92. The summed E-state index contributed by atoms with van der Waals surface area (Å²) in [7, 11) is 0. The smallest absolute Gasteiger partial charge is 0.256 e. The number of fused-ring (bicyclic) bond motifs is 1. The molecule has 3 aromatic heterocycles. The molecule has 0 radical (unpaired) electrons. The fourth-order valence-electron chi connectivity index (χ4n) is 3.94. The molecule has 0 aliphatic heterocycles. The molecule has 3 heterocycles. The predicted molar refractivity (Wildman–Crippen MR) is 132 cm³/mol. The second kappa shape index (κ2) is 8.72. The summed E-state index contributed by atoms with van der Waals surface area (Å²) >= 11 is 6.44. The summed E-state index contributed by atoms with van der Waals surface area (Å²) in [6, 6.07) is 15.2. The van der Waals surface area contributed by atoms with Gasteiger partial charge in [0, 0.05) is 11.6 Å². The van der Waals surface area contributed by atoms with Crippen molar-refractivity contribution in [2.75, 3.05) is 5.32 Å². The van der Waals surface area contributed by atoms with Crippen LogP contribution in [0.25, 0.3) is 28.0 Å². The van der Waals surface area contributed by atoms with Gasteiger partial charge < -0.3 is 5.32 Å². The molecule has 0 atom stereocenters. The van der Waals surface area contributed by atoms with Crippen LogP contribution in [0.5, 0.6) is 0 Å². The van der Waals surface area contributed by atoms with Gasteiger partial charge in [-0.15, -0.1) is 0 Å². The largest absolute Gasteiger partial charge is 0.320 e. The van der Waals surface area contributed by atoms with Crippen molar-refractivity contribution in [2.24, 2.45) is 0 Å². The average molecular weight is 472 g/mol. The highest BCUT2D eigenvalue weighted by atomic mass is 35.5. The van der Waals surface area contributed by atoms with Crippen molar-refractivity contribution in [1.82, 2.24) is 29.5 Å². The number of hydrogen-bond acceptors (Lipinski definition) is 5. The van der Waals surface area contributed by atoms with Gasteiger partial charge in [0.2, 0.25) is 0 Å². The number of anilines is 1. The zero-order valence-corrected chi connectivity index (χ0v) is 19.7. The first kappa shape index (κ1) is 21.8. The molecule has 0 saturated carbocycles. The molecule has 1 amide bonds. The van der Waals surface area contributed by atoms with Crippen LogP contribution >= 0.6 is 11.6 Å². The number of hydrogen-bond donors (Lipinski definition) is 1. The summed E-state index contributed by atoms with van der Waals surface area (Å²) in [5, 5.41) is 12.8. The van der Waals surface area contributed by atoms with Gasteiger partial charge in [0.05, 0.1) is 33.6 Å². The molecular formula is C25H22ClN7O. The molecule has 0 bridgehead atoms. The lowest BCUT2D eigenvalue weighted by Gasteiger charge is -2.14. The molecule has 0 spiro atoms. The Hall–Kier alpha value is -4.04. The van der Waals surface area contributed by atoms with E-state index >= 15 is 0 Å². The van der Waals surface area contributed by atoms with Crippen LogP contribution in [-0.4, -0.2) is 35.4 Å². The topological polar surface area (TPSA) is 90.5 Å². The van der Waals surface area contributed by atoms with Gasteiger partial charge in [0.15, 0.2) is 5.65 Å². The normalized spacial score (nSPS) is 11.3.